The molecule has 0 aliphatic carbocycles. The van der Waals surface area contributed by atoms with Crippen LogP contribution in [0.4, 0.5) is 10.1 Å². The lowest BCUT2D eigenvalue weighted by Crippen LogP contribution is -2.16. The molecular weight excluding hydrogens is 415 g/mol. The summed E-state index contributed by atoms with van der Waals surface area (Å²) >= 11 is 0. The zero-order valence-electron chi connectivity index (χ0n) is 18.6. The number of anilines is 1. The zero-order valence-corrected chi connectivity index (χ0v) is 18.6. The van der Waals surface area contributed by atoms with Gasteiger partial charge in [0.25, 0.3) is 5.91 Å². The van der Waals surface area contributed by atoms with Crippen molar-refractivity contribution in [3.05, 3.63) is 102 Å². The first kappa shape index (κ1) is 22.2. The number of halogens is 1. The Morgan fingerprint density at radius 3 is 2.09 bits per heavy atom. The molecule has 33 heavy (non-hydrogen) atoms. The van der Waals surface area contributed by atoms with Crippen LogP contribution in [0.2, 0.25) is 0 Å². The maximum atomic E-state index is 13.7. The number of hydrogen-bond donors (Lipinski definition) is 1. The van der Waals surface area contributed by atoms with Gasteiger partial charge in [0, 0.05) is 16.9 Å². The second kappa shape index (κ2) is 9.65. The predicted molar refractivity (Wildman–Crippen MR) is 130 cm³/mol. The third kappa shape index (κ3) is 4.48. The Bertz CT molecular complexity index is 1260. The lowest BCUT2D eigenvalue weighted by atomic mass is 9.94. The Kier molecular flexibility index (Phi) is 6.50. The van der Waals surface area contributed by atoms with Crippen LogP contribution < -0.4 is 5.32 Å². The van der Waals surface area contributed by atoms with Crippen molar-refractivity contribution in [3.63, 3.8) is 0 Å². The zero-order chi connectivity index (χ0) is 23.4. The summed E-state index contributed by atoms with van der Waals surface area (Å²) in [6.07, 6.45) is 0.826. The molecule has 0 radical (unpaired) electrons. The van der Waals surface area contributed by atoms with Crippen LogP contribution in [0.1, 0.15) is 35.8 Å². The van der Waals surface area contributed by atoms with E-state index in [-0.39, 0.29) is 24.2 Å². The predicted octanol–water partition coefficient (Wildman–Crippen LogP) is 6.54. The first-order valence-corrected chi connectivity index (χ1v) is 10.9. The van der Waals surface area contributed by atoms with Crippen molar-refractivity contribution < 1.29 is 14.0 Å². The second-order valence-electron chi connectivity index (χ2n) is 8.11. The highest BCUT2D eigenvalue weighted by Crippen LogP contribution is 2.42. The average molecular weight is 441 g/mol. The fourth-order valence-corrected chi connectivity index (χ4v) is 4.24. The molecule has 0 bridgehead atoms. The van der Waals surface area contributed by atoms with Gasteiger partial charge in [0.15, 0.2) is 0 Å². The molecule has 0 spiro atoms. The molecule has 1 N–H and O–H groups in total. The first-order valence-electron chi connectivity index (χ1n) is 10.9. The van der Waals surface area contributed by atoms with E-state index in [4.69, 9.17) is 0 Å². The molecule has 0 aliphatic heterocycles. The highest BCUT2D eigenvalue weighted by atomic mass is 19.1. The number of benzene rings is 3. The number of rotatable bonds is 7. The molecule has 4 nitrogen and oxygen atoms in total. The van der Waals surface area contributed by atoms with Crippen molar-refractivity contribution in [2.24, 2.45) is 0 Å². The maximum Gasteiger partial charge on any atom is 0.258 e. The fraction of sp³-hybridized carbons (Fsp3) is 0.143. The van der Waals surface area contributed by atoms with Crippen LogP contribution in [-0.4, -0.2) is 16.8 Å². The van der Waals surface area contributed by atoms with Gasteiger partial charge in [-0.05, 0) is 53.4 Å². The van der Waals surface area contributed by atoms with E-state index in [0.29, 0.717) is 11.3 Å². The molecule has 166 valence electrons. The number of aromatic nitrogens is 1. The van der Waals surface area contributed by atoms with Crippen LogP contribution in [0.25, 0.3) is 22.4 Å². The van der Waals surface area contributed by atoms with Crippen molar-refractivity contribution in [2.75, 3.05) is 5.32 Å². The molecule has 0 fully saturated rings. The summed E-state index contributed by atoms with van der Waals surface area (Å²) in [5.74, 6) is -0.644. The van der Waals surface area contributed by atoms with Crippen LogP contribution in [0.3, 0.4) is 0 Å². The highest BCUT2D eigenvalue weighted by Gasteiger charge is 2.30. The summed E-state index contributed by atoms with van der Waals surface area (Å²) in [5, 5.41) is 3.01. The second-order valence-corrected chi connectivity index (χ2v) is 8.11. The van der Waals surface area contributed by atoms with Gasteiger partial charge in [0.05, 0.1) is 17.8 Å². The van der Waals surface area contributed by atoms with Crippen LogP contribution in [0, 0.1) is 5.82 Å². The fourth-order valence-electron chi connectivity index (χ4n) is 4.24. The lowest BCUT2D eigenvalue weighted by Gasteiger charge is -2.15. The van der Waals surface area contributed by atoms with Crippen molar-refractivity contribution in [1.82, 2.24) is 4.57 Å². The third-order valence-corrected chi connectivity index (χ3v) is 5.55. The maximum absolute atomic E-state index is 13.7. The van der Waals surface area contributed by atoms with Crippen molar-refractivity contribution in [3.8, 4) is 22.4 Å². The van der Waals surface area contributed by atoms with Crippen molar-refractivity contribution in [2.45, 2.75) is 26.3 Å². The molecule has 3 aromatic carbocycles. The van der Waals surface area contributed by atoms with Gasteiger partial charge in [-0.15, -0.1) is 0 Å². The van der Waals surface area contributed by atoms with E-state index in [1.54, 1.807) is 12.1 Å². The van der Waals surface area contributed by atoms with E-state index < -0.39 is 0 Å². The summed E-state index contributed by atoms with van der Waals surface area (Å²) in [7, 11) is 0. The number of carbonyl (C=O) groups is 2. The Hall–Kier alpha value is -3.99. The van der Waals surface area contributed by atoms with E-state index >= 15 is 0 Å². The Balaban J connectivity index is 2.05. The normalized spacial score (nSPS) is 10.9. The molecule has 4 aromatic rings. The van der Waals surface area contributed by atoms with E-state index in [9.17, 15) is 14.0 Å². The topological polar surface area (TPSA) is 51.1 Å². The largest absolute Gasteiger partial charge is 0.336 e. The summed E-state index contributed by atoms with van der Waals surface area (Å²) in [6, 6.07) is 25.0. The SMILES string of the molecule is CC(C)c1c(C(=O)Nc2ccccc2)c(-c2ccccc2)c(-c2ccc(F)cc2)n1CC=O. The van der Waals surface area contributed by atoms with E-state index in [1.807, 2.05) is 79.1 Å². The van der Waals surface area contributed by atoms with Crippen molar-refractivity contribution >= 4 is 17.9 Å². The molecule has 0 saturated carbocycles. The van der Waals surface area contributed by atoms with Crippen LogP contribution in [-0.2, 0) is 11.3 Å². The van der Waals surface area contributed by atoms with Gasteiger partial charge in [0.2, 0.25) is 0 Å². The lowest BCUT2D eigenvalue weighted by molar-refractivity contribution is -0.108. The summed E-state index contributed by atoms with van der Waals surface area (Å²) in [4.78, 5) is 25.4. The Morgan fingerprint density at radius 2 is 1.52 bits per heavy atom. The molecule has 0 unspecified atom stereocenters. The molecule has 1 heterocycles. The Morgan fingerprint density at radius 1 is 0.909 bits per heavy atom. The average Bonchev–Trinajstić information content (AvgIpc) is 3.16. The molecule has 5 heteroatoms. The van der Waals surface area contributed by atoms with Gasteiger partial charge >= 0.3 is 0 Å². The summed E-state index contributed by atoms with van der Waals surface area (Å²) in [5.41, 5.74) is 4.98. The van der Waals surface area contributed by atoms with E-state index in [2.05, 4.69) is 5.32 Å². The van der Waals surface area contributed by atoms with Gasteiger partial charge in [-0.2, -0.15) is 0 Å². The monoisotopic (exact) mass is 440 g/mol. The molecular formula is C28H25FN2O2. The number of aldehydes is 1. The number of carbonyl (C=O) groups excluding carboxylic acids is 2. The summed E-state index contributed by atoms with van der Waals surface area (Å²) < 4.78 is 15.6. The number of amides is 1. The molecule has 1 aromatic heterocycles. The standard InChI is InChI=1S/C28H25FN2O2/c1-19(2)26-25(28(33)30-23-11-7-4-8-12-23)24(20-9-5-3-6-10-20)27(31(26)17-18-32)21-13-15-22(29)16-14-21/h3-16,18-19H,17H2,1-2H3,(H,30,33). The van der Waals surface area contributed by atoms with Crippen LogP contribution in [0.5, 0.6) is 0 Å². The first-order chi connectivity index (χ1) is 16.0. The van der Waals surface area contributed by atoms with Gasteiger partial charge < -0.3 is 14.7 Å². The van der Waals surface area contributed by atoms with Crippen molar-refractivity contribution in [1.29, 1.82) is 0 Å². The quantitative estimate of drug-likeness (QED) is 0.332. The number of para-hydroxylation sites is 1. The summed E-state index contributed by atoms with van der Waals surface area (Å²) in [6.45, 7) is 4.08. The molecule has 0 aliphatic rings. The van der Waals surface area contributed by atoms with Gasteiger partial charge in [-0.25, -0.2) is 4.39 Å². The van der Waals surface area contributed by atoms with Gasteiger partial charge in [0.1, 0.15) is 12.1 Å². The number of hydrogen-bond acceptors (Lipinski definition) is 2. The van der Waals surface area contributed by atoms with E-state index in [0.717, 1.165) is 34.4 Å². The van der Waals surface area contributed by atoms with Crippen LogP contribution in [0.15, 0.2) is 84.9 Å². The molecule has 0 saturated heterocycles. The number of nitrogens with one attached hydrogen (secondary N) is 1. The minimum Gasteiger partial charge on any atom is -0.336 e. The highest BCUT2D eigenvalue weighted by molar-refractivity contribution is 6.12. The molecule has 4 rings (SSSR count). The molecule has 1 amide bonds. The Labute approximate surface area is 192 Å². The van der Waals surface area contributed by atoms with Crippen LogP contribution >= 0.6 is 0 Å². The molecule has 0 atom stereocenters. The van der Waals surface area contributed by atoms with Gasteiger partial charge in [-0.3, -0.25) is 4.79 Å². The third-order valence-electron chi connectivity index (χ3n) is 5.55. The number of nitrogens with zero attached hydrogens (tertiary/aromatic N) is 1. The minimum atomic E-state index is -0.348. The van der Waals surface area contributed by atoms with E-state index in [1.165, 1.54) is 12.1 Å². The van der Waals surface area contributed by atoms with Gasteiger partial charge in [-0.1, -0.05) is 62.4 Å². The smallest absolute Gasteiger partial charge is 0.258 e. The minimum absolute atomic E-state index is 0.0434.